The van der Waals surface area contributed by atoms with Crippen LogP contribution in [0.25, 0.3) is 15.9 Å². The number of para-hydroxylation sites is 1. The fraction of sp³-hybridized carbons (Fsp3) is 0.194. The van der Waals surface area contributed by atoms with Crippen molar-refractivity contribution < 1.29 is 9.53 Å². The molecule has 1 aliphatic heterocycles. The molecule has 2 aromatic heterocycles. The van der Waals surface area contributed by atoms with Gasteiger partial charge in [0, 0.05) is 30.2 Å². The van der Waals surface area contributed by atoms with Crippen molar-refractivity contribution in [3.63, 3.8) is 0 Å². The maximum atomic E-state index is 14.1. The summed E-state index contributed by atoms with van der Waals surface area (Å²) in [5.74, 6) is 0.668. The number of rotatable bonds is 8. The average Bonchev–Trinajstić information content (AvgIpc) is 3.35. The van der Waals surface area contributed by atoms with E-state index in [1.807, 2.05) is 60.7 Å². The number of aromatic nitrogens is 2. The average molecular weight is 569 g/mol. The first-order valence-electron chi connectivity index (χ1n) is 13.0. The zero-order chi connectivity index (χ0) is 27.5. The molecule has 0 bridgehead atoms. The summed E-state index contributed by atoms with van der Waals surface area (Å²) in [5, 5.41) is 4.09. The van der Waals surface area contributed by atoms with Gasteiger partial charge in [0.25, 0.3) is 5.56 Å². The van der Waals surface area contributed by atoms with Crippen LogP contribution in [0.2, 0.25) is 0 Å². The first-order valence-corrected chi connectivity index (χ1v) is 14.8. The summed E-state index contributed by atoms with van der Waals surface area (Å²) in [7, 11) is 1.61. The Kier molecular flexibility index (Phi) is 7.68. The summed E-state index contributed by atoms with van der Waals surface area (Å²) in [6.07, 6.45) is 0.799. The highest BCUT2D eigenvalue weighted by Gasteiger charge is 2.26. The molecule has 0 fully saturated rings. The molecule has 7 nitrogen and oxygen atoms in total. The van der Waals surface area contributed by atoms with Crippen LogP contribution in [0.5, 0.6) is 5.75 Å². The van der Waals surface area contributed by atoms with E-state index < -0.39 is 0 Å². The van der Waals surface area contributed by atoms with E-state index in [4.69, 9.17) is 9.72 Å². The number of anilines is 1. The van der Waals surface area contributed by atoms with Crippen LogP contribution < -0.4 is 15.6 Å². The molecular weight excluding hydrogens is 541 g/mol. The van der Waals surface area contributed by atoms with Gasteiger partial charge in [-0.3, -0.25) is 19.1 Å². The van der Waals surface area contributed by atoms with Gasteiger partial charge >= 0.3 is 0 Å². The van der Waals surface area contributed by atoms with Gasteiger partial charge in [-0.25, -0.2) is 4.98 Å². The van der Waals surface area contributed by atoms with E-state index in [1.54, 1.807) is 23.0 Å². The Bertz CT molecular complexity index is 1700. The molecule has 3 aromatic carbocycles. The van der Waals surface area contributed by atoms with E-state index >= 15 is 0 Å². The number of amides is 1. The number of fused-ring (bicyclic) bond motifs is 3. The summed E-state index contributed by atoms with van der Waals surface area (Å²) < 4.78 is 6.95. The molecule has 0 radical (unpaired) electrons. The largest absolute Gasteiger partial charge is 0.497 e. The highest BCUT2D eigenvalue weighted by Crippen LogP contribution is 2.35. The lowest BCUT2D eigenvalue weighted by atomic mass is 10.0. The van der Waals surface area contributed by atoms with E-state index in [0.717, 1.165) is 42.1 Å². The molecule has 0 aliphatic carbocycles. The molecular formula is C31H28N4O3S2. The molecule has 9 heteroatoms. The predicted molar refractivity (Wildman–Crippen MR) is 162 cm³/mol. The standard InChI is InChI=1S/C31H28N4O3S2/c1-38-24-14-12-23(13-15-24)35-30(37)28-25-16-17-34(18-21-8-4-2-5-9-21)19-26(25)40-29(28)33-31(35)39-20-27(36)32-22-10-6-3-7-11-22/h2-15H,16-20H2,1H3,(H,32,36). The summed E-state index contributed by atoms with van der Waals surface area (Å²) in [4.78, 5) is 36.2. The van der Waals surface area contributed by atoms with Gasteiger partial charge in [-0.1, -0.05) is 60.3 Å². The van der Waals surface area contributed by atoms with Gasteiger partial charge in [0.1, 0.15) is 10.6 Å². The zero-order valence-electron chi connectivity index (χ0n) is 22.0. The van der Waals surface area contributed by atoms with Crippen molar-refractivity contribution in [1.29, 1.82) is 0 Å². The molecule has 0 saturated carbocycles. The van der Waals surface area contributed by atoms with Crippen LogP contribution in [-0.4, -0.2) is 39.8 Å². The lowest BCUT2D eigenvalue weighted by molar-refractivity contribution is -0.113. The van der Waals surface area contributed by atoms with Crippen molar-refractivity contribution in [2.24, 2.45) is 0 Å². The SMILES string of the molecule is COc1ccc(-n2c(SCC(=O)Nc3ccccc3)nc3sc4c(c3c2=O)CCN(Cc2ccccc2)C4)cc1. The van der Waals surface area contributed by atoms with Gasteiger partial charge < -0.3 is 10.1 Å². The van der Waals surface area contributed by atoms with Crippen LogP contribution in [0, 0.1) is 0 Å². The van der Waals surface area contributed by atoms with Gasteiger partial charge in [0.15, 0.2) is 5.16 Å². The number of thioether (sulfide) groups is 1. The maximum Gasteiger partial charge on any atom is 0.267 e. The molecule has 1 N–H and O–H groups in total. The first kappa shape index (κ1) is 26.3. The Hall–Kier alpha value is -3.92. The highest BCUT2D eigenvalue weighted by atomic mass is 32.2. The van der Waals surface area contributed by atoms with Crippen molar-refractivity contribution in [3.8, 4) is 11.4 Å². The third-order valence-electron chi connectivity index (χ3n) is 6.89. The van der Waals surface area contributed by atoms with Gasteiger partial charge in [-0.2, -0.15) is 0 Å². The molecule has 0 unspecified atom stereocenters. The minimum Gasteiger partial charge on any atom is -0.497 e. The monoisotopic (exact) mass is 568 g/mol. The number of ether oxygens (including phenoxy) is 1. The smallest absolute Gasteiger partial charge is 0.267 e. The maximum absolute atomic E-state index is 14.1. The summed E-state index contributed by atoms with van der Waals surface area (Å²) in [6, 6.07) is 27.1. The minimum atomic E-state index is -0.158. The Morgan fingerprint density at radius 2 is 1.75 bits per heavy atom. The van der Waals surface area contributed by atoms with E-state index in [-0.39, 0.29) is 17.2 Å². The summed E-state index contributed by atoms with van der Waals surface area (Å²) >= 11 is 2.85. The molecule has 5 aromatic rings. The quantitative estimate of drug-likeness (QED) is 0.190. The van der Waals surface area contributed by atoms with E-state index in [9.17, 15) is 9.59 Å². The van der Waals surface area contributed by atoms with Crippen molar-refractivity contribution >= 4 is 44.9 Å². The van der Waals surface area contributed by atoms with Crippen molar-refractivity contribution in [2.45, 2.75) is 24.7 Å². The molecule has 40 heavy (non-hydrogen) atoms. The third-order valence-corrected chi connectivity index (χ3v) is 8.94. The van der Waals surface area contributed by atoms with E-state index in [0.29, 0.717) is 22.0 Å². The topological polar surface area (TPSA) is 76.5 Å². The molecule has 1 amide bonds. The van der Waals surface area contributed by atoms with Crippen LogP contribution in [0.3, 0.4) is 0 Å². The number of methoxy groups -OCH3 is 1. The van der Waals surface area contributed by atoms with Crippen LogP contribution in [0.1, 0.15) is 16.0 Å². The zero-order valence-corrected chi connectivity index (χ0v) is 23.6. The van der Waals surface area contributed by atoms with Crippen LogP contribution >= 0.6 is 23.1 Å². The predicted octanol–water partition coefficient (Wildman–Crippen LogP) is 5.74. The second-order valence-corrected chi connectivity index (χ2v) is 11.6. The lowest BCUT2D eigenvalue weighted by Gasteiger charge is -2.26. The second-order valence-electron chi connectivity index (χ2n) is 9.57. The Labute approximate surface area is 240 Å². The van der Waals surface area contributed by atoms with Crippen LogP contribution in [0.15, 0.2) is 94.9 Å². The Balaban J connectivity index is 1.34. The number of thiophene rings is 1. The second kappa shape index (κ2) is 11.7. The van der Waals surface area contributed by atoms with Gasteiger partial charge in [-0.15, -0.1) is 11.3 Å². The Morgan fingerprint density at radius 3 is 2.48 bits per heavy atom. The number of carbonyl (C=O) groups excluding carboxylic acids is 1. The third kappa shape index (κ3) is 5.54. The number of hydrogen-bond acceptors (Lipinski definition) is 7. The van der Waals surface area contributed by atoms with Crippen molar-refractivity contribution in [2.75, 3.05) is 24.7 Å². The molecule has 0 saturated heterocycles. The summed E-state index contributed by atoms with van der Waals surface area (Å²) in [5.41, 5.74) is 3.69. The minimum absolute atomic E-state index is 0.102. The molecule has 6 rings (SSSR count). The van der Waals surface area contributed by atoms with E-state index in [1.165, 1.54) is 22.2 Å². The van der Waals surface area contributed by atoms with E-state index in [2.05, 4.69) is 34.5 Å². The first-order chi connectivity index (χ1) is 19.6. The van der Waals surface area contributed by atoms with Crippen molar-refractivity contribution in [3.05, 3.63) is 111 Å². The van der Waals surface area contributed by atoms with Gasteiger partial charge in [0.2, 0.25) is 5.91 Å². The number of benzene rings is 3. The molecule has 1 aliphatic rings. The van der Waals surface area contributed by atoms with Crippen LogP contribution in [-0.2, 0) is 24.3 Å². The molecule has 3 heterocycles. The molecule has 0 atom stereocenters. The molecule has 0 spiro atoms. The van der Waals surface area contributed by atoms with Gasteiger partial charge in [-0.05, 0) is 53.9 Å². The Morgan fingerprint density at radius 1 is 1.02 bits per heavy atom. The summed E-state index contributed by atoms with van der Waals surface area (Å²) in [6.45, 7) is 2.54. The number of carbonyl (C=O) groups is 1. The fourth-order valence-electron chi connectivity index (χ4n) is 4.96. The number of nitrogens with one attached hydrogen (secondary N) is 1. The van der Waals surface area contributed by atoms with Crippen LogP contribution in [0.4, 0.5) is 5.69 Å². The molecule has 202 valence electrons. The van der Waals surface area contributed by atoms with Crippen molar-refractivity contribution in [1.82, 2.24) is 14.5 Å². The lowest BCUT2D eigenvalue weighted by Crippen LogP contribution is -2.30. The highest BCUT2D eigenvalue weighted by molar-refractivity contribution is 7.99. The normalized spacial score (nSPS) is 13.2. The van der Waals surface area contributed by atoms with Gasteiger partial charge in [0.05, 0.1) is 23.9 Å². The number of hydrogen-bond donors (Lipinski definition) is 1. The number of nitrogens with zero attached hydrogens (tertiary/aromatic N) is 3. The fourth-order valence-corrected chi connectivity index (χ4v) is 7.07.